The van der Waals surface area contributed by atoms with Crippen molar-refractivity contribution in [3.8, 4) is 11.8 Å². The van der Waals surface area contributed by atoms with Gasteiger partial charge in [-0.15, -0.1) is 12.6 Å². The van der Waals surface area contributed by atoms with Gasteiger partial charge in [-0.2, -0.15) is 18.4 Å². The van der Waals surface area contributed by atoms with Gasteiger partial charge in [-0.05, 0) is 81.8 Å². The van der Waals surface area contributed by atoms with Crippen molar-refractivity contribution >= 4 is 59.0 Å². The van der Waals surface area contributed by atoms with Crippen LogP contribution in [0.5, 0.6) is 5.75 Å². The summed E-state index contributed by atoms with van der Waals surface area (Å²) in [7, 11) is 0. The van der Waals surface area contributed by atoms with Gasteiger partial charge in [0.15, 0.2) is 5.50 Å². The SMILES string of the molecule is C[C@@H]1CN(CCOc2ccc(N3[C@@H](S)N(c4ccc(C#N)c(C(F)(F)F)c4)C(=O)C3(C)C)cc2CC(F)F)CCN1CC(=O)Nc1cccc(NC2CCC(=O)NC2=O)c1. The first-order chi connectivity index (χ1) is 28.3. The summed E-state index contributed by atoms with van der Waals surface area (Å²) in [6.07, 6.45) is -7.63. The zero-order valence-corrected chi connectivity index (χ0v) is 34.0. The first-order valence-electron chi connectivity index (χ1n) is 19.3. The number of alkyl halides is 5. The third kappa shape index (κ3) is 9.94. The molecule has 320 valence electrons. The zero-order chi connectivity index (χ0) is 43.5. The Kier molecular flexibility index (Phi) is 13.3. The van der Waals surface area contributed by atoms with Crippen molar-refractivity contribution in [1.82, 2.24) is 15.1 Å². The summed E-state index contributed by atoms with van der Waals surface area (Å²) in [5, 5.41) is 17.5. The number of anilines is 4. The number of ether oxygens (including phenoxy) is 1. The van der Waals surface area contributed by atoms with Crippen LogP contribution in [0.25, 0.3) is 0 Å². The molecular weight excluding hydrogens is 812 g/mol. The van der Waals surface area contributed by atoms with E-state index in [0.29, 0.717) is 49.7 Å². The molecule has 1 unspecified atom stereocenters. The Bertz CT molecular complexity index is 2170. The van der Waals surface area contributed by atoms with Gasteiger partial charge < -0.3 is 20.3 Å². The third-order valence-electron chi connectivity index (χ3n) is 10.8. The zero-order valence-electron chi connectivity index (χ0n) is 33.1. The second-order valence-corrected chi connectivity index (χ2v) is 15.9. The van der Waals surface area contributed by atoms with Crippen LogP contribution in [-0.2, 0) is 31.8 Å². The van der Waals surface area contributed by atoms with E-state index >= 15 is 0 Å². The maximum atomic E-state index is 13.9. The van der Waals surface area contributed by atoms with Crippen molar-refractivity contribution in [3.63, 3.8) is 0 Å². The molecule has 0 bridgehead atoms. The molecule has 3 atom stereocenters. The molecule has 13 nitrogen and oxygen atoms in total. The highest BCUT2D eigenvalue weighted by Gasteiger charge is 2.52. The number of piperidine rings is 1. The molecule has 3 aliphatic heterocycles. The molecule has 3 aromatic carbocycles. The molecule has 60 heavy (non-hydrogen) atoms. The number of halogens is 5. The van der Waals surface area contributed by atoms with Crippen LogP contribution in [-0.4, -0.2) is 102 Å². The number of benzene rings is 3. The summed E-state index contributed by atoms with van der Waals surface area (Å²) in [4.78, 5) is 57.1. The number of carbonyl (C=O) groups is 4. The first-order valence-corrected chi connectivity index (χ1v) is 19.8. The summed E-state index contributed by atoms with van der Waals surface area (Å²) in [5.41, 5.74) is -2.73. The molecule has 6 rings (SSSR count). The average Bonchev–Trinajstić information content (AvgIpc) is 3.35. The van der Waals surface area contributed by atoms with Crippen molar-refractivity contribution in [1.29, 1.82) is 5.26 Å². The standard InChI is InChI=1S/C41H45F5N8O5S/c1-24-22-51(13-14-52(24)23-36(56)49-28-6-4-5-27(19-28)48-32-10-12-35(55)50-37(32)57)15-16-59-33-11-9-30(17-26(33)18-34(42)43)54-39(60)53(38(58)40(54,2)3)29-8-7-25(21-47)31(20-29)41(44,45)46/h4-9,11,17,19-20,24,32,34,39,48,60H,10,12-16,18,22-23H2,1-3H3,(H,49,56)(H,50,55,57)/t24-,32?,39+/m1/s1. The van der Waals surface area contributed by atoms with E-state index < -0.39 is 59.0 Å². The van der Waals surface area contributed by atoms with Crippen molar-refractivity contribution in [2.45, 2.75) is 75.8 Å². The van der Waals surface area contributed by atoms with E-state index in [-0.39, 0.29) is 54.4 Å². The number of nitriles is 1. The molecule has 0 aliphatic carbocycles. The van der Waals surface area contributed by atoms with E-state index in [4.69, 9.17) is 4.74 Å². The summed E-state index contributed by atoms with van der Waals surface area (Å²) < 4.78 is 75.2. The maximum Gasteiger partial charge on any atom is 0.417 e. The fourth-order valence-electron chi connectivity index (χ4n) is 7.71. The topological polar surface area (TPSA) is 150 Å². The molecule has 3 heterocycles. The Morgan fingerprint density at radius 3 is 2.47 bits per heavy atom. The van der Waals surface area contributed by atoms with Crippen LogP contribution in [0.3, 0.4) is 0 Å². The number of rotatable bonds is 13. The van der Waals surface area contributed by atoms with E-state index in [9.17, 15) is 46.4 Å². The second kappa shape index (κ2) is 18.0. The molecular formula is C41H45F5N8O5S. The summed E-state index contributed by atoms with van der Waals surface area (Å²) in [6.45, 7) is 7.73. The molecule has 0 saturated carbocycles. The number of hydrogen-bond donors (Lipinski definition) is 4. The molecule has 3 N–H and O–H groups in total. The highest BCUT2D eigenvalue weighted by atomic mass is 32.1. The normalized spacial score (nSPS) is 21.2. The van der Waals surface area contributed by atoms with Crippen molar-refractivity contribution in [2.75, 3.05) is 59.8 Å². The lowest BCUT2D eigenvalue weighted by Crippen LogP contribution is -2.54. The molecule has 3 fully saturated rings. The van der Waals surface area contributed by atoms with Crippen LogP contribution in [0, 0.1) is 11.3 Å². The highest BCUT2D eigenvalue weighted by molar-refractivity contribution is 7.81. The fourth-order valence-corrected chi connectivity index (χ4v) is 8.37. The number of nitrogens with zero attached hydrogens (tertiary/aromatic N) is 5. The molecule has 3 aliphatic rings. The minimum absolute atomic E-state index is 0.00306. The van der Waals surface area contributed by atoms with Crippen molar-refractivity contribution < 1.29 is 45.9 Å². The number of amides is 4. The number of carbonyl (C=O) groups excluding carboxylic acids is 4. The molecule has 19 heteroatoms. The van der Waals surface area contributed by atoms with Crippen LogP contribution < -0.4 is 30.5 Å². The smallest absolute Gasteiger partial charge is 0.417 e. The van der Waals surface area contributed by atoms with Gasteiger partial charge in [-0.1, -0.05) is 6.07 Å². The van der Waals surface area contributed by atoms with Gasteiger partial charge in [-0.25, -0.2) is 8.78 Å². The molecule has 3 saturated heterocycles. The average molecular weight is 857 g/mol. The molecule has 0 radical (unpaired) electrons. The number of hydrogen-bond acceptors (Lipinski definition) is 11. The summed E-state index contributed by atoms with van der Waals surface area (Å²) in [5.74, 6) is -1.28. The third-order valence-corrected chi connectivity index (χ3v) is 11.3. The lowest BCUT2D eigenvalue weighted by atomic mass is 10.0. The largest absolute Gasteiger partial charge is 0.492 e. The second-order valence-electron chi connectivity index (χ2n) is 15.4. The molecule has 0 spiro atoms. The number of imide groups is 1. The van der Waals surface area contributed by atoms with Crippen LogP contribution >= 0.6 is 12.6 Å². The number of piperazine rings is 1. The van der Waals surface area contributed by atoms with Gasteiger partial charge in [0.1, 0.15) is 23.9 Å². The van der Waals surface area contributed by atoms with Gasteiger partial charge in [0.25, 0.3) is 5.91 Å². The number of thiol groups is 1. The van der Waals surface area contributed by atoms with E-state index in [1.807, 2.05) is 6.92 Å². The van der Waals surface area contributed by atoms with Gasteiger partial charge in [0, 0.05) is 73.4 Å². The quantitative estimate of drug-likeness (QED) is 0.0991. The predicted octanol–water partition coefficient (Wildman–Crippen LogP) is 5.47. The number of nitrogens with one attached hydrogen (secondary N) is 3. The lowest BCUT2D eigenvalue weighted by Gasteiger charge is -2.39. The minimum atomic E-state index is -4.85. The minimum Gasteiger partial charge on any atom is -0.492 e. The Hall–Kier alpha value is -5.45. The lowest BCUT2D eigenvalue weighted by molar-refractivity contribution is -0.138. The van der Waals surface area contributed by atoms with Gasteiger partial charge >= 0.3 is 6.18 Å². The highest BCUT2D eigenvalue weighted by Crippen LogP contribution is 2.43. The molecule has 3 aromatic rings. The predicted molar refractivity (Wildman–Crippen MR) is 217 cm³/mol. The van der Waals surface area contributed by atoms with Crippen LogP contribution in [0.15, 0.2) is 60.7 Å². The Morgan fingerprint density at radius 2 is 1.78 bits per heavy atom. The van der Waals surface area contributed by atoms with E-state index in [2.05, 4.69) is 38.4 Å². The van der Waals surface area contributed by atoms with Crippen molar-refractivity contribution in [3.05, 3.63) is 77.4 Å². The van der Waals surface area contributed by atoms with Gasteiger partial charge in [0.05, 0.1) is 23.7 Å². The molecule has 4 amide bonds. The van der Waals surface area contributed by atoms with E-state index in [1.165, 1.54) is 29.2 Å². The van der Waals surface area contributed by atoms with E-state index in [1.54, 1.807) is 44.2 Å². The van der Waals surface area contributed by atoms with Crippen molar-refractivity contribution in [2.24, 2.45) is 0 Å². The van der Waals surface area contributed by atoms with Crippen LogP contribution in [0.2, 0.25) is 0 Å². The van der Waals surface area contributed by atoms with Crippen LogP contribution in [0.1, 0.15) is 50.3 Å². The van der Waals surface area contributed by atoms with Gasteiger partial charge in [-0.3, -0.25) is 39.2 Å². The first kappa shape index (κ1) is 44.1. The van der Waals surface area contributed by atoms with E-state index in [0.717, 1.165) is 17.0 Å². The maximum absolute atomic E-state index is 13.9. The van der Waals surface area contributed by atoms with Crippen LogP contribution in [0.4, 0.5) is 44.7 Å². The summed E-state index contributed by atoms with van der Waals surface area (Å²) >= 11 is 4.61. The monoisotopic (exact) mass is 856 g/mol. The summed E-state index contributed by atoms with van der Waals surface area (Å²) in [6, 6.07) is 15.5. The fraction of sp³-hybridized carbons (Fsp3) is 0.439. The Labute approximate surface area is 349 Å². The Morgan fingerprint density at radius 1 is 1.05 bits per heavy atom. The molecule has 0 aromatic heterocycles. The Balaban J connectivity index is 1.04. The van der Waals surface area contributed by atoms with Gasteiger partial charge in [0.2, 0.25) is 24.1 Å².